The van der Waals surface area contributed by atoms with Gasteiger partial charge in [0.1, 0.15) is 12.0 Å². The van der Waals surface area contributed by atoms with Gasteiger partial charge in [0.15, 0.2) is 5.89 Å². The van der Waals surface area contributed by atoms with Crippen LogP contribution in [0.5, 0.6) is 5.75 Å². The molecule has 5 nitrogen and oxygen atoms in total. The van der Waals surface area contributed by atoms with Crippen LogP contribution in [-0.2, 0) is 18.5 Å². The Kier molecular flexibility index (Phi) is 4.92. The molecule has 1 aliphatic rings. The number of hydrogen-bond donors (Lipinski definition) is 1. The van der Waals surface area contributed by atoms with E-state index in [9.17, 15) is 5.11 Å². The standard InChI is InChI=1S/C19H27N3O2/c1-19(2,3)18-20-16(14-24-18)13-22-10-8-21(9-11-22)12-15-4-6-17(23)7-5-15/h4-7,14,23H,8-13H2,1-3H3. The maximum atomic E-state index is 9.36. The highest BCUT2D eigenvalue weighted by molar-refractivity contribution is 5.25. The van der Waals surface area contributed by atoms with Gasteiger partial charge in [-0.15, -0.1) is 0 Å². The third kappa shape index (κ3) is 4.36. The smallest absolute Gasteiger partial charge is 0.199 e. The minimum Gasteiger partial charge on any atom is -0.508 e. The minimum absolute atomic E-state index is 0.0406. The quantitative estimate of drug-likeness (QED) is 0.934. The number of nitrogens with zero attached hydrogens (tertiary/aromatic N) is 3. The van der Waals surface area contributed by atoms with Crippen LogP contribution in [0.15, 0.2) is 34.9 Å². The first-order valence-corrected chi connectivity index (χ1v) is 8.58. The molecule has 24 heavy (non-hydrogen) atoms. The summed E-state index contributed by atoms with van der Waals surface area (Å²) in [6.07, 6.45) is 1.80. The summed E-state index contributed by atoms with van der Waals surface area (Å²) in [5.41, 5.74) is 2.22. The average Bonchev–Trinajstić information content (AvgIpc) is 3.00. The Morgan fingerprint density at radius 2 is 1.58 bits per heavy atom. The van der Waals surface area contributed by atoms with Crippen molar-refractivity contribution in [3.63, 3.8) is 0 Å². The summed E-state index contributed by atoms with van der Waals surface area (Å²) in [6, 6.07) is 7.49. The van der Waals surface area contributed by atoms with Crippen molar-refractivity contribution < 1.29 is 9.52 Å². The van der Waals surface area contributed by atoms with Gasteiger partial charge in [-0.05, 0) is 17.7 Å². The predicted molar refractivity (Wildman–Crippen MR) is 93.9 cm³/mol. The van der Waals surface area contributed by atoms with Crippen LogP contribution in [0.2, 0.25) is 0 Å². The fourth-order valence-electron chi connectivity index (χ4n) is 2.92. The Labute approximate surface area is 143 Å². The normalized spacial score (nSPS) is 17.3. The van der Waals surface area contributed by atoms with Gasteiger partial charge in [-0.1, -0.05) is 32.9 Å². The highest BCUT2D eigenvalue weighted by Crippen LogP contribution is 2.22. The number of hydrogen-bond acceptors (Lipinski definition) is 5. The van der Waals surface area contributed by atoms with Crippen molar-refractivity contribution in [2.75, 3.05) is 26.2 Å². The molecule has 1 aliphatic heterocycles. The molecule has 0 aliphatic carbocycles. The zero-order valence-electron chi connectivity index (χ0n) is 14.8. The van der Waals surface area contributed by atoms with E-state index in [2.05, 4.69) is 35.6 Å². The molecule has 1 saturated heterocycles. The van der Waals surface area contributed by atoms with E-state index in [1.807, 2.05) is 12.1 Å². The lowest BCUT2D eigenvalue weighted by Crippen LogP contribution is -2.45. The topological polar surface area (TPSA) is 52.7 Å². The van der Waals surface area contributed by atoms with E-state index in [1.54, 1.807) is 18.4 Å². The molecule has 1 aromatic heterocycles. The van der Waals surface area contributed by atoms with Crippen LogP contribution < -0.4 is 0 Å². The summed E-state index contributed by atoms with van der Waals surface area (Å²) in [6.45, 7) is 12.3. The van der Waals surface area contributed by atoms with Crippen molar-refractivity contribution in [3.8, 4) is 5.75 Å². The molecule has 0 unspecified atom stereocenters. The zero-order chi connectivity index (χ0) is 17.2. The summed E-state index contributed by atoms with van der Waals surface area (Å²) >= 11 is 0. The van der Waals surface area contributed by atoms with Crippen LogP contribution in [0.25, 0.3) is 0 Å². The molecule has 1 fully saturated rings. The Hall–Kier alpha value is -1.85. The molecule has 2 aromatic rings. The number of rotatable bonds is 4. The molecule has 1 aromatic carbocycles. The van der Waals surface area contributed by atoms with E-state index >= 15 is 0 Å². The average molecular weight is 329 g/mol. The van der Waals surface area contributed by atoms with Gasteiger partial charge in [0.25, 0.3) is 0 Å². The van der Waals surface area contributed by atoms with Gasteiger partial charge in [0.2, 0.25) is 0 Å². The number of phenols is 1. The number of piperazine rings is 1. The van der Waals surface area contributed by atoms with Gasteiger partial charge in [0.05, 0.1) is 5.69 Å². The van der Waals surface area contributed by atoms with Crippen LogP contribution >= 0.6 is 0 Å². The third-order valence-corrected chi connectivity index (χ3v) is 4.39. The molecular formula is C19H27N3O2. The largest absolute Gasteiger partial charge is 0.508 e. The number of aromatic hydroxyl groups is 1. The summed E-state index contributed by atoms with van der Waals surface area (Å²) in [4.78, 5) is 9.50. The number of phenolic OH excluding ortho intramolecular Hbond substituents is 1. The van der Waals surface area contributed by atoms with Crippen molar-refractivity contribution in [3.05, 3.63) is 47.7 Å². The molecular weight excluding hydrogens is 302 g/mol. The van der Waals surface area contributed by atoms with E-state index in [-0.39, 0.29) is 5.41 Å². The second kappa shape index (κ2) is 6.95. The van der Waals surface area contributed by atoms with Gasteiger partial charge in [0, 0.05) is 44.7 Å². The lowest BCUT2D eigenvalue weighted by atomic mass is 9.97. The summed E-state index contributed by atoms with van der Waals surface area (Å²) < 4.78 is 5.61. The number of oxazole rings is 1. The monoisotopic (exact) mass is 329 g/mol. The van der Waals surface area contributed by atoms with Crippen molar-refractivity contribution in [2.45, 2.75) is 39.3 Å². The highest BCUT2D eigenvalue weighted by atomic mass is 16.3. The van der Waals surface area contributed by atoms with E-state index < -0.39 is 0 Å². The van der Waals surface area contributed by atoms with Crippen LogP contribution in [-0.4, -0.2) is 46.1 Å². The molecule has 130 valence electrons. The molecule has 3 rings (SSSR count). The summed E-state index contributed by atoms with van der Waals surface area (Å²) in [5, 5.41) is 9.36. The lowest BCUT2D eigenvalue weighted by molar-refractivity contribution is 0.121. The fourth-order valence-corrected chi connectivity index (χ4v) is 2.92. The van der Waals surface area contributed by atoms with Gasteiger partial charge in [-0.3, -0.25) is 9.80 Å². The Morgan fingerprint density at radius 3 is 2.12 bits per heavy atom. The molecule has 2 heterocycles. The molecule has 0 amide bonds. The van der Waals surface area contributed by atoms with Crippen LogP contribution in [0.4, 0.5) is 0 Å². The van der Waals surface area contributed by atoms with Gasteiger partial charge in [-0.25, -0.2) is 4.98 Å². The predicted octanol–water partition coefficient (Wildman–Crippen LogP) is 3.00. The second-order valence-electron chi connectivity index (χ2n) is 7.61. The van der Waals surface area contributed by atoms with Gasteiger partial charge in [-0.2, -0.15) is 0 Å². The first-order chi connectivity index (χ1) is 11.4. The van der Waals surface area contributed by atoms with E-state index in [4.69, 9.17) is 4.42 Å². The van der Waals surface area contributed by atoms with Gasteiger partial charge >= 0.3 is 0 Å². The molecule has 1 N–H and O–H groups in total. The molecule has 0 bridgehead atoms. The molecule has 0 spiro atoms. The van der Waals surface area contributed by atoms with E-state index in [0.717, 1.165) is 50.9 Å². The van der Waals surface area contributed by atoms with Gasteiger partial charge < -0.3 is 9.52 Å². The van der Waals surface area contributed by atoms with Crippen molar-refractivity contribution in [1.82, 2.24) is 14.8 Å². The van der Waals surface area contributed by atoms with E-state index in [1.165, 1.54) is 5.56 Å². The zero-order valence-corrected chi connectivity index (χ0v) is 14.8. The second-order valence-corrected chi connectivity index (χ2v) is 7.61. The maximum absolute atomic E-state index is 9.36. The number of benzene rings is 1. The minimum atomic E-state index is -0.0406. The molecule has 5 heteroatoms. The number of aromatic nitrogens is 1. The molecule has 0 saturated carbocycles. The Morgan fingerprint density at radius 1 is 1.00 bits per heavy atom. The third-order valence-electron chi connectivity index (χ3n) is 4.39. The summed E-state index contributed by atoms with van der Waals surface area (Å²) in [7, 11) is 0. The van der Waals surface area contributed by atoms with Crippen molar-refractivity contribution in [2.24, 2.45) is 0 Å². The van der Waals surface area contributed by atoms with Crippen LogP contribution in [0.1, 0.15) is 37.9 Å². The Bertz CT molecular complexity index is 650. The van der Waals surface area contributed by atoms with Crippen LogP contribution in [0.3, 0.4) is 0 Å². The van der Waals surface area contributed by atoms with E-state index in [0.29, 0.717) is 5.75 Å². The first kappa shape index (κ1) is 17.0. The Balaban J connectivity index is 1.48. The summed E-state index contributed by atoms with van der Waals surface area (Å²) in [5.74, 6) is 1.13. The van der Waals surface area contributed by atoms with Crippen LogP contribution in [0, 0.1) is 0 Å². The van der Waals surface area contributed by atoms with Crippen molar-refractivity contribution >= 4 is 0 Å². The van der Waals surface area contributed by atoms with Crippen molar-refractivity contribution in [1.29, 1.82) is 0 Å². The SMILES string of the molecule is CC(C)(C)c1nc(CN2CCN(Cc3ccc(O)cc3)CC2)co1. The molecule has 0 radical (unpaired) electrons. The molecule has 0 atom stereocenters. The highest BCUT2D eigenvalue weighted by Gasteiger charge is 2.22. The maximum Gasteiger partial charge on any atom is 0.199 e. The fraction of sp³-hybridized carbons (Fsp3) is 0.526. The lowest BCUT2D eigenvalue weighted by Gasteiger charge is -2.34. The first-order valence-electron chi connectivity index (χ1n) is 8.58.